The van der Waals surface area contributed by atoms with Crippen molar-refractivity contribution < 1.29 is 19.5 Å². The molecule has 0 saturated heterocycles. The number of methoxy groups -OCH3 is 1. The molecule has 1 aliphatic rings. The standard InChI is InChI=1S/C24H19N5O5S/c1-33-19-12-15(11-18(21(19)30)29(31)32)22-25-17-10-6-5-9-16(17)20-23(34-22)26-24(28-27-20)35-13-14-7-3-2-4-8-14/h2-12,22,25,30H,13H2,1H3/p-1/t22-/m1/s1. The third-order valence-corrected chi connectivity index (χ3v) is 6.23. The number of nitrogens with one attached hydrogen (secondary N) is 1. The van der Waals surface area contributed by atoms with Gasteiger partial charge in [0.05, 0.1) is 12.0 Å². The lowest BCUT2D eigenvalue weighted by molar-refractivity contribution is -0.398. The van der Waals surface area contributed by atoms with Gasteiger partial charge in [0.1, 0.15) is 5.75 Å². The Morgan fingerprint density at radius 2 is 1.89 bits per heavy atom. The van der Waals surface area contributed by atoms with Gasteiger partial charge in [-0.3, -0.25) is 10.1 Å². The average Bonchev–Trinajstić information content (AvgIpc) is 3.04. The minimum Gasteiger partial charge on any atom is -0.865 e. The third-order valence-electron chi connectivity index (χ3n) is 5.32. The highest BCUT2D eigenvalue weighted by molar-refractivity contribution is 7.98. The quantitative estimate of drug-likeness (QED) is 0.237. The number of hydrogen-bond acceptors (Lipinski definition) is 10. The Labute approximate surface area is 204 Å². The fourth-order valence-corrected chi connectivity index (χ4v) is 4.36. The van der Waals surface area contributed by atoms with Crippen LogP contribution in [0.15, 0.2) is 71.9 Å². The molecule has 1 aliphatic heterocycles. The Balaban J connectivity index is 1.55. The van der Waals surface area contributed by atoms with Crippen molar-refractivity contribution in [2.24, 2.45) is 0 Å². The zero-order valence-electron chi connectivity index (χ0n) is 18.4. The third kappa shape index (κ3) is 4.53. The molecule has 0 unspecified atom stereocenters. The number of nitrogens with zero attached hydrogens (tertiary/aromatic N) is 4. The van der Waals surface area contributed by atoms with Gasteiger partial charge in [-0.25, -0.2) is 0 Å². The SMILES string of the molecule is COc1cc([C@@H]2Nc3ccccc3-c3nnc(SCc4ccccc4)nc3O2)cc([N+](=O)[O-])c1[O-]. The molecule has 11 heteroatoms. The summed E-state index contributed by atoms with van der Waals surface area (Å²) in [6, 6.07) is 19.9. The van der Waals surface area contributed by atoms with E-state index in [1.165, 1.54) is 31.0 Å². The van der Waals surface area contributed by atoms with Gasteiger partial charge in [0.2, 0.25) is 11.0 Å². The van der Waals surface area contributed by atoms with Gasteiger partial charge in [-0.05, 0) is 17.7 Å². The molecule has 176 valence electrons. The van der Waals surface area contributed by atoms with E-state index in [1.807, 2.05) is 54.6 Å². The molecule has 0 saturated carbocycles. The van der Waals surface area contributed by atoms with Crippen molar-refractivity contribution in [2.75, 3.05) is 12.4 Å². The summed E-state index contributed by atoms with van der Waals surface area (Å²) < 4.78 is 11.3. The van der Waals surface area contributed by atoms with E-state index in [9.17, 15) is 15.2 Å². The Kier molecular flexibility index (Phi) is 6.06. The number of hydrogen-bond donors (Lipinski definition) is 1. The highest BCUT2D eigenvalue weighted by Crippen LogP contribution is 2.42. The molecule has 4 aromatic rings. The van der Waals surface area contributed by atoms with Crippen LogP contribution in [0.5, 0.6) is 17.4 Å². The highest BCUT2D eigenvalue weighted by atomic mass is 32.2. The van der Waals surface area contributed by atoms with Gasteiger partial charge in [0.15, 0.2) is 11.9 Å². The van der Waals surface area contributed by atoms with E-state index in [-0.39, 0.29) is 11.6 Å². The van der Waals surface area contributed by atoms with E-state index in [0.29, 0.717) is 33.4 Å². The number of fused-ring (bicyclic) bond motifs is 3. The van der Waals surface area contributed by atoms with Gasteiger partial charge in [-0.2, -0.15) is 4.98 Å². The zero-order chi connectivity index (χ0) is 24.4. The second-order valence-corrected chi connectivity index (χ2v) is 8.48. The molecular weight excluding hydrogens is 470 g/mol. The Morgan fingerprint density at radius 3 is 2.66 bits per heavy atom. The van der Waals surface area contributed by atoms with Crippen LogP contribution in [0, 0.1) is 10.1 Å². The number of nitro benzene ring substituents is 1. The lowest BCUT2D eigenvalue weighted by Crippen LogP contribution is -2.18. The van der Waals surface area contributed by atoms with Gasteiger partial charge in [0, 0.05) is 34.4 Å². The fourth-order valence-electron chi connectivity index (χ4n) is 3.63. The molecule has 5 rings (SSSR count). The molecule has 0 spiro atoms. The van der Waals surface area contributed by atoms with E-state index < -0.39 is 22.6 Å². The van der Waals surface area contributed by atoms with Crippen LogP contribution in [-0.2, 0) is 5.75 Å². The number of thioether (sulfide) groups is 1. The van der Waals surface area contributed by atoms with Crippen molar-refractivity contribution in [1.29, 1.82) is 0 Å². The van der Waals surface area contributed by atoms with E-state index in [4.69, 9.17) is 9.47 Å². The van der Waals surface area contributed by atoms with E-state index in [2.05, 4.69) is 20.5 Å². The molecule has 3 aromatic carbocycles. The maximum Gasteiger partial charge on any atom is 0.265 e. The normalized spacial score (nSPS) is 14.0. The summed E-state index contributed by atoms with van der Waals surface area (Å²) in [5, 5.41) is 36.1. The number of benzene rings is 3. The smallest absolute Gasteiger partial charge is 0.265 e. The summed E-state index contributed by atoms with van der Waals surface area (Å²) in [4.78, 5) is 15.3. The lowest BCUT2D eigenvalue weighted by atomic mass is 10.1. The number of rotatable bonds is 6. The van der Waals surface area contributed by atoms with Gasteiger partial charge in [-0.1, -0.05) is 60.3 Å². The fraction of sp³-hybridized carbons (Fsp3) is 0.125. The first-order chi connectivity index (χ1) is 17.0. The van der Waals surface area contributed by atoms with Crippen molar-refractivity contribution in [1.82, 2.24) is 15.2 Å². The highest BCUT2D eigenvalue weighted by Gasteiger charge is 2.28. The van der Waals surface area contributed by atoms with Crippen LogP contribution in [0.1, 0.15) is 17.4 Å². The predicted octanol–water partition coefficient (Wildman–Crippen LogP) is 4.32. The molecule has 10 nitrogen and oxygen atoms in total. The number of anilines is 1. The number of aromatic nitrogens is 3. The molecule has 35 heavy (non-hydrogen) atoms. The van der Waals surface area contributed by atoms with Crippen molar-refractivity contribution >= 4 is 23.1 Å². The van der Waals surface area contributed by atoms with Gasteiger partial charge < -0.3 is 19.9 Å². The number of nitro groups is 1. The largest absolute Gasteiger partial charge is 0.865 e. The summed E-state index contributed by atoms with van der Waals surface area (Å²) in [6.45, 7) is 0. The van der Waals surface area contributed by atoms with Crippen LogP contribution < -0.4 is 19.9 Å². The van der Waals surface area contributed by atoms with Crippen LogP contribution in [-0.4, -0.2) is 27.2 Å². The van der Waals surface area contributed by atoms with Crippen LogP contribution in [0.2, 0.25) is 0 Å². The topological polar surface area (TPSA) is 135 Å². The molecule has 1 atom stereocenters. The van der Waals surface area contributed by atoms with Gasteiger partial charge in [0.25, 0.3) is 5.69 Å². The van der Waals surface area contributed by atoms with Crippen molar-refractivity contribution in [3.63, 3.8) is 0 Å². The summed E-state index contributed by atoms with van der Waals surface area (Å²) in [5.41, 5.74) is 2.65. The Bertz CT molecular complexity index is 1400. The first kappa shape index (κ1) is 22.4. The molecule has 1 aromatic heterocycles. The second kappa shape index (κ2) is 9.47. The van der Waals surface area contributed by atoms with Gasteiger partial charge >= 0.3 is 0 Å². The molecular formula is C24H18N5O5S-. The maximum atomic E-state index is 12.3. The average molecular weight is 489 g/mol. The molecule has 0 amide bonds. The minimum absolute atomic E-state index is 0.155. The predicted molar refractivity (Wildman–Crippen MR) is 127 cm³/mol. The lowest BCUT2D eigenvalue weighted by Gasteiger charge is -2.21. The van der Waals surface area contributed by atoms with Crippen molar-refractivity contribution in [3.8, 4) is 28.6 Å². The first-order valence-electron chi connectivity index (χ1n) is 10.5. The van der Waals surface area contributed by atoms with Crippen molar-refractivity contribution in [2.45, 2.75) is 17.1 Å². The molecule has 0 bridgehead atoms. The van der Waals surface area contributed by atoms with E-state index in [0.717, 1.165) is 5.56 Å². The minimum atomic E-state index is -0.908. The van der Waals surface area contributed by atoms with Crippen LogP contribution in [0.4, 0.5) is 11.4 Å². The molecule has 2 heterocycles. The Morgan fingerprint density at radius 1 is 1.11 bits per heavy atom. The molecule has 0 fully saturated rings. The van der Waals surface area contributed by atoms with Gasteiger partial charge in [-0.15, -0.1) is 10.2 Å². The molecule has 0 radical (unpaired) electrons. The number of para-hydroxylation sites is 1. The van der Waals surface area contributed by atoms with E-state index >= 15 is 0 Å². The Hall–Kier alpha value is -4.38. The molecule has 0 aliphatic carbocycles. The molecule has 1 N–H and O–H groups in total. The van der Waals surface area contributed by atoms with Crippen molar-refractivity contribution in [3.05, 3.63) is 88.0 Å². The summed E-state index contributed by atoms with van der Waals surface area (Å²) in [5.74, 6) is -0.101. The summed E-state index contributed by atoms with van der Waals surface area (Å²) >= 11 is 1.41. The summed E-state index contributed by atoms with van der Waals surface area (Å²) in [6.07, 6.45) is -0.908. The van der Waals surface area contributed by atoms with Crippen LogP contribution in [0.3, 0.4) is 0 Å². The monoisotopic (exact) mass is 488 g/mol. The van der Waals surface area contributed by atoms with Crippen LogP contribution in [0.25, 0.3) is 11.3 Å². The van der Waals surface area contributed by atoms with Crippen LogP contribution >= 0.6 is 11.8 Å². The first-order valence-corrected chi connectivity index (χ1v) is 11.5. The maximum absolute atomic E-state index is 12.3. The van der Waals surface area contributed by atoms with E-state index in [1.54, 1.807) is 0 Å². The summed E-state index contributed by atoms with van der Waals surface area (Å²) in [7, 11) is 1.28. The number of ether oxygens (including phenoxy) is 2. The zero-order valence-corrected chi connectivity index (χ0v) is 19.2. The second-order valence-electron chi connectivity index (χ2n) is 7.54.